The fourth-order valence-electron chi connectivity index (χ4n) is 2.77. The summed E-state index contributed by atoms with van der Waals surface area (Å²) in [6.07, 6.45) is 2.64. The molecule has 1 amide bonds. The molecular weight excluding hydrogens is 242 g/mol. The van der Waals surface area contributed by atoms with Crippen LogP contribution in [0.25, 0.3) is 0 Å². The van der Waals surface area contributed by atoms with Crippen molar-refractivity contribution in [2.24, 2.45) is 5.92 Å². The summed E-state index contributed by atoms with van der Waals surface area (Å²) in [7, 11) is 0. The molecule has 110 valence electrons. The highest BCUT2D eigenvalue weighted by Gasteiger charge is 2.33. The highest BCUT2D eigenvalue weighted by Crippen LogP contribution is 2.25. The molecule has 5 heteroatoms. The van der Waals surface area contributed by atoms with Crippen molar-refractivity contribution in [3.8, 4) is 0 Å². The molecule has 0 spiro atoms. The predicted octanol–water partition coefficient (Wildman–Crippen LogP) is 0.211. The van der Waals surface area contributed by atoms with Crippen LogP contribution in [-0.2, 0) is 9.53 Å². The molecule has 1 aliphatic heterocycles. The van der Waals surface area contributed by atoms with Gasteiger partial charge in [-0.15, -0.1) is 0 Å². The summed E-state index contributed by atoms with van der Waals surface area (Å²) >= 11 is 0. The molecule has 0 aromatic rings. The summed E-state index contributed by atoms with van der Waals surface area (Å²) in [6, 6.07) is 0.946. The molecule has 2 N–H and O–H groups in total. The summed E-state index contributed by atoms with van der Waals surface area (Å²) in [5, 5.41) is 6.38. The molecule has 1 saturated heterocycles. The number of amides is 1. The third kappa shape index (κ3) is 4.16. The number of hydrogen-bond donors (Lipinski definition) is 2. The molecule has 2 unspecified atom stereocenters. The minimum Gasteiger partial charge on any atom is -0.379 e. The van der Waals surface area contributed by atoms with Crippen molar-refractivity contribution >= 4 is 5.91 Å². The second-order valence-corrected chi connectivity index (χ2v) is 5.46. The Hall–Kier alpha value is -0.650. The normalized spacial score (nSPS) is 26.9. The molecule has 19 heavy (non-hydrogen) atoms. The van der Waals surface area contributed by atoms with Crippen LogP contribution in [0, 0.1) is 5.92 Å². The molecule has 0 aromatic heterocycles. The lowest BCUT2D eigenvalue weighted by atomic mass is 10.0. The van der Waals surface area contributed by atoms with Crippen molar-refractivity contribution in [2.75, 3.05) is 39.4 Å². The number of nitrogens with zero attached hydrogens (tertiary/aromatic N) is 1. The molecular formula is C14H27N3O2. The number of ether oxygens (including phenoxy) is 1. The smallest absolute Gasteiger partial charge is 0.227 e. The molecule has 0 bridgehead atoms. The minimum atomic E-state index is -0.0315. The maximum atomic E-state index is 12.1. The lowest BCUT2D eigenvalue weighted by molar-refractivity contribution is -0.125. The fraction of sp³-hybridized carbons (Fsp3) is 0.929. The van der Waals surface area contributed by atoms with Crippen molar-refractivity contribution in [3.05, 3.63) is 0 Å². The molecule has 2 aliphatic rings. The van der Waals surface area contributed by atoms with Gasteiger partial charge in [-0.3, -0.25) is 9.69 Å². The Morgan fingerprint density at radius 3 is 2.74 bits per heavy atom. The van der Waals surface area contributed by atoms with Gasteiger partial charge < -0.3 is 15.4 Å². The van der Waals surface area contributed by atoms with Gasteiger partial charge in [-0.2, -0.15) is 0 Å². The summed E-state index contributed by atoms with van der Waals surface area (Å²) in [4.78, 5) is 14.6. The average Bonchev–Trinajstić information content (AvgIpc) is 3.14. The van der Waals surface area contributed by atoms with Crippen molar-refractivity contribution in [1.82, 2.24) is 15.5 Å². The maximum absolute atomic E-state index is 12.1. The van der Waals surface area contributed by atoms with Gasteiger partial charge in [0.15, 0.2) is 0 Å². The Labute approximate surface area is 116 Å². The van der Waals surface area contributed by atoms with Crippen LogP contribution < -0.4 is 10.6 Å². The van der Waals surface area contributed by atoms with Gasteiger partial charge in [0.05, 0.1) is 19.1 Å². The number of nitrogens with one attached hydrogen (secondary N) is 2. The van der Waals surface area contributed by atoms with Gasteiger partial charge in [0.1, 0.15) is 0 Å². The zero-order chi connectivity index (χ0) is 13.7. The van der Waals surface area contributed by atoms with Gasteiger partial charge >= 0.3 is 0 Å². The summed E-state index contributed by atoms with van der Waals surface area (Å²) in [6.45, 7) is 9.11. The molecule has 2 rings (SSSR count). The number of hydrogen-bond acceptors (Lipinski definition) is 4. The third-order valence-electron chi connectivity index (χ3n) is 4.05. The highest BCUT2D eigenvalue weighted by molar-refractivity contribution is 5.79. The van der Waals surface area contributed by atoms with E-state index in [1.54, 1.807) is 0 Å². The average molecular weight is 269 g/mol. The van der Waals surface area contributed by atoms with Gasteiger partial charge in [-0.1, -0.05) is 13.8 Å². The first-order chi connectivity index (χ1) is 9.26. The minimum absolute atomic E-state index is 0.0315. The molecule has 5 nitrogen and oxygen atoms in total. The molecule has 1 heterocycles. The second-order valence-electron chi connectivity index (χ2n) is 5.46. The Morgan fingerprint density at radius 1 is 1.32 bits per heavy atom. The first kappa shape index (κ1) is 14.8. The summed E-state index contributed by atoms with van der Waals surface area (Å²) in [5.74, 6) is 0.103. The van der Waals surface area contributed by atoms with Crippen LogP contribution in [0.1, 0.15) is 26.7 Å². The quantitative estimate of drug-likeness (QED) is 0.661. The molecule has 1 aliphatic carbocycles. The first-order valence-corrected chi connectivity index (χ1v) is 7.59. The zero-order valence-electron chi connectivity index (χ0n) is 12.2. The van der Waals surface area contributed by atoms with Crippen molar-refractivity contribution in [2.45, 2.75) is 38.8 Å². The number of rotatable bonds is 8. The van der Waals surface area contributed by atoms with E-state index in [1.807, 2.05) is 0 Å². The van der Waals surface area contributed by atoms with Crippen molar-refractivity contribution in [3.63, 3.8) is 0 Å². The van der Waals surface area contributed by atoms with Gasteiger partial charge in [0, 0.05) is 25.2 Å². The van der Waals surface area contributed by atoms with E-state index in [0.29, 0.717) is 13.2 Å². The van der Waals surface area contributed by atoms with Crippen LogP contribution in [-0.4, -0.2) is 62.3 Å². The van der Waals surface area contributed by atoms with Crippen molar-refractivity contribution in [1.29, 1.82) is 0 Å². The molecule has 1 saturated carbocycles. The van der Waals surface area contributed by atoms with E-state index in [1.165, 1.54) is 12.8 Å². The predicted molar refractivity (Wildman–Crippen MR) is 75.1 cm³/mol. The van der Waals surface area contributed by atoms with Gasteiger partial charge in [0.2, 0.25) is 5.91 Å². The van der Waals surface area contributed by atoms with Crippen LogP contribution in [0.3, 0.4) is 0 Å². The standard InChI is InChI=1S/C14H27N3O2/c1-3-15-13-10-19-9-12(13)14(18)16-7-8-17(4-2)11-5-6-11/h11-13,15H,3-10H2,1-2H3,(H,16,18). The van der Waals surface area contributed by atoms with E-state index in [-0.39, 0.29) is 17.9 Å². The van der Waals surface area contributed by atoms with Crippen LogP contribution in [0.4, 0.5) is 0 Å². The Bertz CT molecular complexity index is 294. The summed E-state index contributed by atoms with van der Waals surface area (Å²) in [5.41, 5.74) is 0. The molecule has 0 aromatic carbocycles. The molecule has 2 fully saturated rings. The van der Waals surface area contributed by atoms with Crippen LogP contribution in [0.5, 0.6) is 0 Å². The Morgan fingerprint density at radius 2 is 2.11 bits per heavy atom. The largest absolute Gasteiger partial charge is 0.379 e. The second kappa shape index (κ2) is 7.22. The van der Waals surface area contributed by atoms with E-state index in [4.69, 9.17) is 4.74 Å². The Balaban J connectivity index is 1.68. The molecule has 0 radical (unpaired) electrons. The van der Waals surface area contributed by atoms with Gasteiger partial charge in [0.25, 0.3) is 0 Å². The van der Waals surface area contributed by atoms with Crippen molar-refractivity contribution < 1.29 is 9.53 Å². The first-order valence-electron chi connectivity index (χ1n) is 7.59. The van der Waals surface area contributed by atoms with Crippen LogP contribution in [0.2, 0.25) is 0 Å². The van der Waals surface area contributed by atoms with E-state index in [0.717, 1.165) is 32.2 Å². The lowest BCUT2D eigenvalue weighted by Crippen LogP contribution is -2.45. The highest BCUT2D eigenvalue weighted by atomic mass is 16.5. The van der Waals surface area contributed by atoms with E-state index in [2.05, 4.69) is 29.4 Å². The fourth-order valence-corrected chi connectivity index (χ4v) is 2.77. The zero-order valence-corrected chi connectivity index (χ0v) is 12.2. The van der Waals surface area contributed by atoms with E-state index >= 15 is 0 Å². The van der Waals surface area contributed by atoms with E-state index < -0.39 is 0 Å². The third-order valence-corrected chi connectivity index (χ3v) is 4.05. The number of likely N-dealkylation sites (N-methyl/N-ethyl adjacent to an activating group) is 2. The van der Waals surface area contributed by atoms with E-state index in [9.17, 15) is 4.79 Å². The number of carbonyl (C=O) groups excluding carboxylic acids is 1. The lowest BCUT2D eigenvalue weighted by Gasteiger charge is -2.21. The van der Waals surface area contributed by atoms with Gasteiger partial charge in [-0.25, -0.2) is 0 Å². The Kier molecular flexibility index (Phi) is 5.60. The van der Waals surface area contributed by atoms with Crippen LogP contribution >= 0.6 is 0 Å². The molecule has 2 atom stereocenters. The summed E-state index contributed by atoms with van der Waals surface area (Å²) < 4.78 is 5.41. The monoisotopic (exact) mass is 269 g/mol. The topological polar surface area (TPSA) is 53.6 Å². The van der Waals surface area contributed by atoms with Gasteiger partial charge in [-0.05, 0) is 25.9 Å². The number of carbonyl (C=O) groups is 1. The van der Waals surface area contributed by atoms with Crippen LogP contribution in [0.15, 0.2) is 0 Å². The SMILES string of the molecule is CCNC1COCC1C(=O)NCCN(CC)C1CC1. The maximum Gasteiger partial charge on any atom is 0.227 e.